The summed E-state index contributed by atoms with van der Waals surface area (Å²) in [5, 5.41) is 11.5. The number of allylic oxidation sites excluding steroid dienone is 2. The second-order valence-electron chi connectivity index (χ2n) is 9.18. The van der Waals surface area contributed by atoms with Crippen molar-refractivity contribution in [3.8, 4) is 11.4 Å². The molecule has 1 N–H and O–H groups in total. The van der Waals surface area contributed by atoms with Crippen LogP contribution in [0.2, 0.25) is 0 Å². The second-order valence-corrected chi connectivity index (χ2v) is 9.18. The van der Waals surface area contributed by atoms with Gasteiger partial charge in [-0.2, -0.15) is 0 Å². The van der Waals surface area contributed by atoms with Crippen LogP contribution in [0.1, 0.15) is 13.8 Å². The van der Waals surface area contributed by atoms with Crippen molar-refractivity contribution in [1.82, 2.24) is 24.1 Å². The fourth-order valence-corrected chi connectivity index (χ4v) is 5.01. The number of nitrogens with zero attached hydrogens (tertiary/aromatic N) is 5. The molecule has 0 saturated carbocycles. The smallest absolute Gasteiger partial charge is 0.155 e. The maximum Gasteiger partial charge on any atom is 0.155 e. The Labute approximate surface area is 244 Å². The number of benzene rings is 2. The third-order valence-electron chi connectivity index (χ3n) is 6.46. The molecule has 5 heterocycles. The SMILES string of the molecule is CC(=O)/C=C(/C)O.[Pt].[c-]1cc(-n2c3ccncc3c3cnccc32)cc2c1c1ncccc1n2-c1ccccc1. The van der Waals surface area contributed by atoms with Crippen LogP contribution in [0.4, 0.5) is 0 Å². The van der Waals surface area contributed by atoms with Crippen LogP contribution < -0.4 is 0 Å². The van der Waals surface area contributed by atoms with Gasteiger partial charge in [0.2, 0.25) is 0 Å². The number of pyridine rings is 3. The number of aliphatic hydroxyl groups is 1. The van der Waals surface area contributed by atoms with Crippen LogP contribution in [0.5, 0.6) is 0 Å². The van der Waals surface area contributed by atoms with Crippen LogP contribution in [0, 0.1) is 6.07 Å². The standard InChI is InChI=1S/C27H16N5.C5H8O2.Pt/c1-2-5-18(6-3-1)31-25-7-4-12-30-27(25)20-9-8-19(15-26(20)31)32-23-10-13-28-16-21(23)22-17-29-14-11-24(22)32;1-4(6)3-5(2)7;/h1-8,10-17H;3,6H,1-2H3;/q-1;;/b;4-3-;. The first-order valence-electron chi connectivity index (χ1n) is 12.5. The van der Waals surface area contributed by atoms with Gasteiger partial charge in [0.15, 0.2) is 5.78 Å². The molecule has 7 rings (SSSR count). The van der Waals surface area contributed by atoms with Gasteiger partial charge >= 0.3 is 0 Å². The number of aromatic nitrogens is 5. The van der Waals surface area contributed by atoms with E-state index in [1.165, 1.54) is 19.9 Å². The van der Waals surface area contributed by atoms with E-state index in [0.29, 0.717) is 0 Å². The summed E-state index contributed by atoms with van der Waals surface area (Å²) in [6.45, 7) is 2.85. The molecule has 7 aromatic rings. The number of carbonyl (C=O) groups excluding carboxylic acids is 1. The first kappa shape index (κ1) is 27.0. The van der Waals surface area contributed by atoms with Crippen molar-refractivity contribution in [2.45, 2.75) is 13.8 Å². The van der Waals surface area contributed by atoms with Gasteiger partial charge in [-0.3, -0.25) is 14.8 Å². The molecule has 0 aliphatic carbocycles. The van der Waals surface area contributed by atoms with Crippen molar-refractivity contribution >= 4 is 49.5 Å². The quantitative estimate of drug-likeness (QED) is 0.123. The van der Waals surface area contributed by atoms with Crippen LogP contribution in [-0.4, -0.2) is 35.0 Å². The number of hydrogen-bond donors (Lipinski definition) is 1. The summed E-state index contributed by atoms with van der Waals surface area (Å²) in [6.07, 6.45) is 10.5. The Bertz CT molecular complexity index is 1970. The van der Waals surface area contributed by atoms with Gasteiger partial charge < -0.3 is 19.2 Å². The number of aliphatic hydroxyl groups excluding tert-OH is 1. The number of hydrogen-bond acceptors (Lipinski definition) is 5. The number of fused-ring (bicyclic) bond motifs is 6. The third kappa shape index (κ3) is 4.80. The van der Waals surface area contributed by atoms with Crippen LogP contribution in [0.15, 0.2) is 110 Å². The van der Waals surface area contributed by atoms with Crippen LogP contribution in [-0.2, 0) is 25.9 Å². The number of ketones is 1. The van der Waals surface area contributed by atoms with Crippen molar-refractivity contribution in [1.29, 1.82) is 0 Å². The van der Waals surface area contributed by atoms with Crippen molar-refractivity contribution in [2.75, 3.05) is 0 Å². The molecule has 0 aliphatic heterocycles. The Morgan fingerprint density at radius 1 is 0.800 bits per heavy atom. The first-order chi connectivity index (χ1) is 19.0. The van der Waals surface area contributed by atoms with Crippen LogP contribution >= 0.6 is 0 Å². The summed E-state index contributed by atoms with van der Waals surface area (Å²) in [5.74, 6) is -0.0625. The molecular weight excluding hydrogens is 681 g/mol. The van der Waals surface area contributed by atoms with Crippen LogP contribution in [0.25, 0.3) is 55.1 Å². The van der Waals surface area contributed by atoms with E-state index in [1.807, 2.05) is 61.3 Å². The predicted molar refractivity (Wildman–Crippen MR) is 154 cm³/mol. The van der Waals surface area contributed by atoms with Crippen molar-refractivity contribution in [3.63, 3.8) is 0 Å². The first-order valence-corrected chi connectivity index (χ1v) is 12.5. The minimum Gasteiger partial charge on any atom is -0.512 e. The zero-order valence-corrected chi connectivity index (χ0v) is 24.0. The molecule has 8 heteroatoms. The van der Waals surface area contributed by atoms with E-state index < -0.39 is 0 Å². The van der Waals surface area contributed by atoms with E-state index in [2.05, 4.69) is 66.6 Å². The Morgan fingerprint density at radius 3 is 2.05 bits per heavy atom. The molecule has 7 nitrogen and oxygen atoms in total. The predicted octanol–water partition coefficient (Wildman–Crippen LogP) is 6.90. The summed E-state index contributed by atoms with van der Waals surface area (Å²) >= 11 is 0. The topological polar surface area (TPSA) is 85.8 Å². The molecule has 0 saturated heterocycles. The van der Waals surface area contributed by atoms with Crippen LogP contribution in [0.3, 0.4) is 0 Å². The van der Waals surface area contributed by atoms with E-state index >= 15 is 0 Å². The van der Waals surface area contributed by atoms with Gasteiger partial charge in [0, 0.05) is 96.7 Å². The zero-order chi connectivity index (χ0) is 26.9. The molecule has 5 aromatic heterocycles. The maximum absolute atomic E-state index is 10.0. The average Bonchev–Trinajstić information content (AvgIpc) is 3.46. The van der Waals surface area contributed by atoms with E-state index in [4.69, 9.17) is 5.11 Å². The monoisotopic (exact) mass is 705 g/mol. The summed E-state index contributed by atoms with van der Waals surface area (Å²) in [6, 6.07) is 26.4. The van der Waals surface area contributed by atoms with Gasteiger partial charge in [-0.1, -0.05) is 29.7 Å². The molecular formula is C32H24N5O2Pt-. The molecule has 200 valence electrons. The summed E-state index contributed by atoms with van der Waals surface area (Å²) in [5.41, 5.74) is 7.41. The normalized spacial score (nSPS) is 11.4. The largest absolute Gasteiger partial charge is 0.512 e. The zero-order valence-electron chi connectivity index (χ0n) is 21.7. The maximum atomic E-state index is 10.0. The summed E-state index contributed by atoms with van der Waals surface area (Å²) in [4.78, 5) is 23.4. The fourth-order valence-electron chi connectivity index (χ4n) is 5.01. The van der Waals surface area contributed by atoms with Gasteiger partial charge in [0.25, 0.3) is 0 Å². The Kier molecular flexibility index (Phi) is 7.58. The molecule has 0 atom stereocenters. The number of para-hydroxylation sites is 1. The number of rotatable bonds is 3. The molecule has 0 bridgehead atoms. The van der Waals surface area contributed by atoms with Gasteiger partial charge in [0.1, 0.15) is 0 Å². The minimum atomic E-state index is -0.125. The molecule has 0 unspecified atom stereocenters. The molecule has 0 aliphatic rings. The third-order valence-corrected chi connectivity index (χ3v) is 6.46. The Morgan fingerprint density at radius 2 is 1.45 bits per heavy atom. The second kappa shape index (κ2) is 11.2. The van der Waals surface area contributed by atoms with Gasteiger partial charge in [-0.25, -0.2) is 0 Å². The summed E-state index contributed by atoms with van der Waals surface area (Å²) < 4.78 is 4.51. The Hall–Kier alpha value is -4.61. The van der Waals surface area contributed by atoms with Crippen molar-refractivity contribution < 1.29 is 31.0 Å². The molecule has 0 spiro atoms. The molecule has 0 amide bonds. The number of carbonyl (C=O) groups is 1. The van der Waals surface area contributed by atoms with Crippen molar-refractivity contribution in [3.05, 3.63) is 116 Å². The molecule has 0 radical (unpaired) electrons. The van der Waals surface area contributed by atoms with E-state index in [9.17, 15) is 4.79 Å². The average molecular weight is 706 g/mol. The summed E-state index contributed by atoms with van der Waals surface area (Å²) in [7, 11) is 0. The van der Waals surface area contributed by atoms with Gasteiger partial charge in [0.05, 0.1) is 5.76 Å². The van der Waals surface area contributed by atoms with Crippen molar-refractivity contribution in [2.24, 2.45) is 0 Å². The fraction of sp³-hybridized carbons (Fsp3) is 0.0625. The van der Waals surface area contributed by atoms with E-state index in [0.717, 1.165) is 55.1 Å². The Balaban J connectivity index is 0.000000362. The van der Waals surface area contributed by atoms with Gasteiger partial charge in [-0.15, -0.1) is 12.1 Å². The van der Waals surface area contributed by atoms with Gasteiger partial charge in [-0.05, 0) is 61.4 Å². The molecule has 2 aromatic carbocycles. The van der Waals surface area contributed by atoms with E-state index in [1.54, 1.807) is 0 Å². The molecule has 0 fully saturated rings. The molecule has 40 heavy (non-hydrogen) atoms. The van der Waals surface area contributed by atoms with E-state index in [-0.39, 0.29) is 32.6 Å². The minimum absolute atomic E-state index is 0.